The Bertz CT molecular complexity index is 1510. The van der Waals surface area contributed by atoms with E-state index in [4.69, 9.17) is 14.5 Å². The van der Waals surface area contributed by atoms with Crippen molar-refractivity contribution in [2.75, 3.05) is 14.2 Å². The third-order valence-corrected chi connectivity index (χ3v) is 6.11. The molecule has 7 nitrogen and oxygen atoms in total. The number of H-pyrrole nitrogens is 1. The summed E-state index contributed by atoms with van der Waals surface area (Å²) in [4.78, 5) is 18.3. The lowest BCUT2D eigenvalue weighted by Gasteiger charge is -2.11. The third kappa shape index (κ3) is 4.63. The lowest BCUT2D eigenvalue weighted by atomic mass is 10.0. The molecule has 0 atom stereocenters. The predicted molar refractivity (Wildman–Crippen MR) is 140 cm³/mol. The van der Waals surface area contributed by atoms with E-state index in [1.165, 1.54) is 5.56 Å². The molecule has 0 fully saturated rings. The molecule has 2 heterocycles. The van der Waals surface area contributed by atoms with Crippen molar-refractivity contribution in [2.45, 2.75) is 13.5 Å². The number of hydrogen-bond donors (Lipinski definition) is 2. The van der Waals surface area contributed by atoms with Gasteiger partial charge >= 0.3 is 0 Å². The first kappa shape index (κ1) is 23.1. The molecule has 1 amide bonds. The molecule has 5 aromatic rings. The second-order valence-corrected chi connectivity index (χ2v) is 8.48. The number of aromatic nitrogens is 3. The van der Waals surface area contributed by atoms with E-state index in [0.717, 1.165) is 33.9 Å². The van der Waals surface area contributed by atoms with E-state index in [-0.39, 0.29) is 5.91 Å². The minimum absolute atomic E-state index is 0.200. The number of carbonyl (C=O) groups excluding carboxylic acids is 1. The van der Waals surface area contributed by atoms with Crippen LogP contribution in [0.1, 0.15) is 21.5 Å². The lowest BCUT2D eigenvalue weighted by Crippen LogP contribution is -2.23. The molecule has 7 heteroatoms. The van der Waals surface area contributed by atoms with Crippen molar-refractivity contribution in [2.24, 2.45) is 0 Å². The summed E-state index contributed by atoms with van der Waals surface area (Å²) in [5, 5.41) is 11.3. The zero-order valence-corrected chi connectivity index (χ0v) is 20.3. The number of ether oxygens (including phenoxy) is 2. The van der Waals surface area contributed by atoms with E-state index in [1.54, 1.807) is 14.2 Å². The SMILES string of the molecule is COc1ccc(-c2cc(C(=O)NCc3ccc(C)cc3)c3c(-c4ccc(OC)cc4)[nH]nc3n2)cc1. The second-order valence-electron chi connectivity index (χ2n) is 8.48. The van der Waals surface area contributed by atoms with Crippen LogP contribution in [0.2, 0.25) is 0 Å². The molecule has 0 unspecified atom stereocenters. The first-order valence-electron chi connectivity index (χ1n) is 11.6. The van der Waals surface area contributed by atoms with Crippen molar-refractivity contribution >= 4 is 16.9 Å². The zero-order valence-electron chi connectivity index (χ0n) is 20.3. The molecule has 0 aliphatic carbocycles. The molecule has 5 rings (SSSR count). The molecule has 3 aromatic carbocycles. The summed E-state index contributed by atoms with van der Waals surface area (Å²) in [6, 6.07) is 25.1. The average molecular weight is 479 g/mol. The molecule has 0 aliphatic rings. The normalized spacial score (nSPS) is 10.9. The van der Waals surface area contributed by atoms with Crippen LogP contribution in [0.25, 0.3) is 33.5 Å². The highest BCUT2D eigenvalue weighted by molar-refractivity contribution is 6.11. The number of aromatic amines is 1. The number of benzene rings is 3. The second kappa shape index (κ2) is 9.92. The molecule has 0 saturated heterocycles. The van der Waals surface area contributed by atoms with Crippen molar-refractivity contribution in [3.63, 3.8) is 0 Å². The highest BCUT2D eigenvalue weighted by Gasteiger charge is 2.20. The fourth-order valence-electron chi connectivity index (χ4n) is 4.06. The number of fused-ring (bicyclic) bond motifs is 1. The summed E-state index contributed by atoms with van der Waals surface area (Å²) in [7, 11) is 3.25. The third-order valence-electron chi connectivity index (χ3n) is 6.11. The number of nitrogens with one attached hydrogen (secondary N) is 2. The zero-order chi connectivity index (χ0) is 25.1. The van der Waals surface area contributed by atoms with Gasteiger partial charge in [-0.3, -0.25) is 9.89 Å². The van der Waals surface area contributed by atoms with E-state index in [1.807, 2.05) is 85.8 Å². The van der Waals surface area contributed by atoms with Crippen LogP contribution in [-0.4, -0.2) is 35.3 Å². The van der Waals surface area contributed by atoms with E-state index in [9.17, 15) is 4.79 Å². The molecular formula is C29H26N4O3. The van der Waals surface area contributed by atoms with Crippen molar-refractivity contribution in [3.05, 3.63) is 95.6 Å². The summed E-state index contributed by atoms with van der Waals surface area (Å²) in [6.45, 7) is 2.45. The first-order chi connectivity index (χ1) is 17.6. The average Bonchev–Trinajstić information content (AvgIpc) is 3.36. The minimum Gasteiger partial charge on any atom is -0.497 e. The fourth-order valence-corrected chi connectivity index (χ4v) is 4.06. The van der Waals surface area contributed by atoms with Crippen LogP contribution in [0.4, 0.5) is 0 Å². The Balaban J connectivity index is 1.58. The van der Waals surface area contributed by atoms with Gasteiger partial charge in [-0.25, -0.2) is 4.98 Å². The number of pyridine rings is 1. The Kier molecular flexibility index (Phi) is 6.36. The van der Waals surface area contributed by atoms with Crippen LogP contribution in [0.5, 0.6) is 11.5 Å². The van der Waals surface area contributed by atoms with Gasteiger partial charge in [0.1, 0.15) is 11.5 Å². The Morgan fingerprint density at radius 3 is 2.08 bits per heavy atom. The number of methoxy groups -OCH3 is 2. The van der Waals surface area contributed by atoms with E-state index < -0.39 is 0 Å². The standard InChI is InChI=1S/C29H26N4O3/c1-18-4-6-19(7-5-18)17-30-29(34)24-16-25(20-8-12-22(35-2)13-9-20)31-28-26(24)27(32-33-28)21-10-14-23(36-3)15-11-21/h4-16H,17H2,1-3H3,(H,30,34)(H,31,32,33). The minimum atomic E-state index is -0.200. The van der Waals surface area contributed by atoms with Crippen LogP contribution in [0, 0.1) is 6.92 Å². The molecular weight excluding hydrogens is 452 g/mol. The summed E-state index contributed by atoms with van der Waals surface area (Å²) < 4.78 is 10.6. The van der Waals surface area contributed by atoms with Crippen LogP contribution in [0.15, 0.2) is 78.9 Å². The van der Waals surface area contributed by atoms with Crippen molar-refractivity contribution < 1.29 is 14.3 Å². The molecule has 2 aromatic heterocycles. The number of nitrogens with zero attached hydrogens (tertiary/aromatic N) is 2. The summed E-state index contributed by atoms with van der Waals surface area (Å²) in [5.74, 6) is 1.30. The highest BCUT2D eigenvalue weighted by atomic mass is 16.5. The van der Waals surface area contributed by atoms with Crippen LogP contribution in [0.3, 0.4) is 0 Å². The number of rotatable bonds is 7. The maximum atomic E-state index is 13.5. The Morgan fingerprint density at radius 1 is 0.861 bits per heavy atom. The highest BCUT2D eigenvalue weighted by Crippen LogP contribution is 2.32. The predicted octanol–water partition coefficient (Wildman–Crippen LogP) is 5.55. The Hall–Kier alpha value is -4.65. The van der Waals surface area contributed by atoms with Gasteiger partial charge in [-0.15, -0.1) is 0 Å². The summed E-state index contributed by atoms with van der Waals surface area (Å²) in [5.41, 5.74) is 6.28. The van der Waals surface area contributed by atoms with Gasteiger partial charge in [0.05, 0.1) is 36.6 Å². The molecule has 0 spiro atoms. The van der Waals surface area contributed by atoms with Gasteiger partial charge in [-0.2, -0.15) is 5.10 Å². The lowest BCUT2D eigenvalue weighted by molar-refractivity contribution is 0.0952. The van der Waals surface area contributed by atoms with Crippen LogP contribution >= 0.6 is 0 Å². The largest absolute Gasteiger partial charge is 0.497 e. The first-order valence-corrected chi connectivity index (χ1v) is 11.6. The Morgan fingerprint density at radius 2 is 1.47 bits per heavy atom. The monoisotopic (exact) mass is 478 g/mol. The fraction of sp³-hybridized carbons (Fsp3) is 0.138. The van der Waals surface area contributed by atoms with Gasteiger partial charge in [0.2, 0.25) is 0 Å². The number of hydrogen-bond acceptors (Lipinski definition) is 5. The molecule has 180 valence electrons. The maximum absolute atomic E-state index is 13.5. The number of aryl methyl sites for hydroxylation is 1. The molecule has 2 N–H and O–H groups in total. The van der Waals surface area contributed by atoms with Crippen LogP contribution < -0.4 is 14.8 Å². The van der Waals surface area contributed by atoms with E-state index in [0.29, 0.717) is 28.8 Å². The number of amides is 1. The van der Waals surface area contributed by atoms with Gasteiger partial charge in [-0.1, -0.05) is 29.8 Å². The van der Waals surface area contributed by atoms with Crippen molar-refractivity contribution in [3.8, 4) is 34.0 Å². The molecule has 36 heavy (non-hydrogen) atoms. The molecule has 0 radical (unpaired) electrons. The molecule has 0 saturated carbocycles. The van der Waals surface area contributed by atoms with Gasteiger partial charge in [-0.05, 0) is 67.1 Å². The van der Waals surface area contributed by atoms with Crippen molar-refractivity contribution in [1.82, 2.24) is 20.5 Å². The van der Waals surface area contributed by atoms with Gasteiger partial charge < -0.3 is 14.8 Å². The molecule has 0 aliphatic heterocycles. The topological polar surface area (TPSA) is 89.1 Å². The quantitative estimate of drug-likeness (QED) is 0.320. The molecule has 0 bridgehead atoms. The smallest absolute Gasteiger partial charge is 0.252 e. The van der Waals surface area contributed by atoms with Gasteiger partial charge in [0.15, 0.2) is 5.65 Å². The van der Waals surface area contributed by atoms with E-state index >= 15 is 0 Å². The Labute approximate surface area is 209 Å². The van der Waals surface area contributed by atoms with Gasteiger partial charge in [0.25, 0.3) is 5.91 Å². The van der Waals surface area contributed by atoms with E-state index in [2.05, 4.69) is 15.5 Å². The maximum Gasteiger partial charge on any atom is 0.252 e. The van der Waals surface area contributed by atoms with Crippen molar-refractivity contribution in [1.29, 1.82) is 0 Å². The van der Waals surface area contributed by atoms with Gasteiger partial charge in [0, 0.05) is 17.7 Å². The summed E-state index contributed by atoms with van der Waals surface area (Å²) in [6.07, 6.45) is 0. The van der Waals surface area contributed by atoms with Crippen LogP contribution in [-0.2, 0) is 6.54 Å². The number of carbonyl (C=O) groups is 1. The summed E-state index contributed by atoms with van der Waals surface area (Å²) >= 11 is 0.